The average Bonchev–Trinajstić information content (AvgIpc) is 2.47. The number of esters is 1. The van der Waals surface area contributed by atoms with Crippen molar-refractivity contribution in [2.45, 2.75) is 18.6 Å². The summed E-state index contributed by atoms with van der Waals surface area (Å²) in [6.07, 6.45) is 0.891. The van der Waals surface area contributed by atoms with Crippen molar-refractivity contribution in [2.75, 3.05) is 6.61 Å². The largest absolute Gasteiger partial charge is 0.466 e. The van der Waals surface area contributed by atoms with Crippen molar-refractivity contribution in [3.8, 4) is 0 Å². The van der Waals surface area contributed by atoms with Gasteiger partial charge in [-0.25, -0.2) is 0 Å². The van der Waals surface area contributed by atoms with Crippen LogP contribution in [0.1, 0.15) is 13.3 Å². The van der Waals surface area contributed by atoms with Gasteiger partial charge in [0, 0.05) is 5.25 Å². The molecule has 52 valence electrons. The molecule has 3 heteroatoms. The Labute approximate surface area is 60.0 Å². The SMILES string of the molecule is CCOC(=O)C1CC1S. The minimum Gasteiger partial charge on any atom is -0.466 e. The number of thiol groups is 1. The van der Waals surface area contributed by atoms with Crippen LogP contribution >= 0.6 is 12.6 Å². The van der Waals surface area contributed by atoms with Crippen LogP contribution in [0.5, 0.6) is 0 Å². The summed E-state index contributed by atoms with van der Waals surface area (Å²) < 4.78 is 4.75. The van der Waals surface area contributed by atoms with Crippen LogP contribution in [0.2, 0.25) is 0 Å². The molecule has 0 bridgehead atoms. The van der Waals surface area contributed by atoms with E-state index in [0.717, 1.165) is 6.42 Å². The van der Waals surface area contributed by atoms with Crippen molar-refractivity contribution in [3.63, 3.8) is 0 Å². The van der Waals surface area contributed by atoms with Crippen molar-refractivity contribution in [3.05, 3.63) is 0 Å². The summed E-state index contributed by atoms with van der Waals surface area (Å²) in [5.74, 6) is 0.00535. The summed E-state index contributed by atoms with van der Waals surface area (Å²) in [5.41, 5.74) is 0. The van der Waals surface area contributed by atoms with E-state index in [4.69, 9.17) is 4.74 Å². The lowest BCUT2D eigenvalue weighted by molar-refractivity contribution is -0.144. The van der Waals surface area contributed by atoms with Crippen molar-refractivity contribution in [2.24, 2.45) is 5.92 Å². The summed E-state index contributed by atoms with van der Waals surface area (Å²) in [4.78, 5) is 10.7. The number of hydrogen-bond donors (Lipinski definition) is 1. The Morgan fingerprint density at radius 2 is 2.44 bits per heavy atom. The van der Waals surface area contributed by atoms with E-state index in [-0.39, 0.29) is 17.1 Å². The quantitative estimate of drug-likeness (QED) is 0.462. The Kier molecular flexibility index (Phi) is 2.01. The minimum atomic E-state index is -0.0856. The zero-order valence-corrected chi connectivity index (χ0v) is 6.23. The zero-order chi connectivity index (χ0) is 6.85. The van der Waals surface area contributed by atoms with E-state index < -0.39 is 0 Å². The molecule has 0 aromatic rings. The zero-order valence-electron chi connectivity index (χ0n) is 5.33. The highest BCUT2D eigenvalue weighted by Gasteiger charge is 2.41. The maximum atomic E-state index is 10.7. The first-order valence-electron chi connectivity index (χ1n) is 3.10. The predicted octanol–water partition coefficient (Wildman–Crippen LogP) is 0.868. The summed E-state index contributed by atoms with van der Waals surface area (Å²) in [6, 6.07) is 0. The van der Waals surface area contributed by atoms with Crippen LogP contribution in [0.4, 0.5) is 0 Å². The monoisotopic (exact) mass is 146 g/mol. The highest BCUT2D eigenvalue weighted by atomic mass is 32.1. The van der Waals surface area contributed by atoms with Crippen LogP contribution in [-0.4, -0.2) is 17.8 Å². The lowest BCUT2D eigenvalue weighted by Crippen LogP contribution is -2.07. The van der Waals surface area contributed by atoms with Gasteiger partial charge < -0.3 is 4.74 Å². The van der Waals surface area contributed by atoms with E-state index in [9.17, 15) is 4.79 Å². The van der Waals surface area contributed by atoms with Gasteiger partial charge in [-0.1, -0.05) is 0 Å². The van der Waals surface area contributed by atoms with Crippen LogP contribution in [-0.2, 0) is 9.53 Å². The molecule has 2 nitrogen and oxygen atoms in total. The maximum Gasteiger partial charge on any atom is 0.310 e. The number of ether oxygens (including phenoxy) is 1. The van der Waals surface area contributed by atoms with Gasteiger partial charge in [0.25, 0.3) is 0 Å². The molecule has 0 amide bonds. The number of carbonyl (C=O) groups is 1. The van der Waals surface area contributed by atoms with Gasteiger partial charge in [0.15, 0.2) is 0 Å². The molecule has 1 fully saturated rings. The molecule has 9 heavy (non-hydrogen) atoms. The van der Waals surface area contributed by atoms with Crippen molar-refractivity contribution in [1.29, 1.82) is 0 Å². The van der Waals surface area contributed by atoms with Gasteiger partial charge in [-0.2, -0.15) is 12.6 Å². The molecule has 0 aromatic carbocycles. The fourth-order valence-corrected chi connectivity index (χ4v) is 1.03. The summed E-state index contributed by atoms with van der Waals surface area (Å²) >= 11 is 4.10. The fraction of sp³-hybridized carbons (Fsp3) is 0.833. The first kappa shape index (κ1) is 6.93. The number of carbonyl (C=O) groups excluding carboxylic acids is 1. The molecular formula is C6H10O2S. The van der Waals surface area contributed by atoms with E-state index in [2.05, 4.69) is 12.6 Å². The Morgan fingerprint density at radius 3 is 2.78 bits per heavy atom. The van der Waals surface area contributed by atoms with Crippen LogP contribution in [0.15, 0.2) is 0 Å². The number of hydrogen-bond acceptors (Lipinski definition) is 3. The second-order valence-corrected chi connectivity index (χ2v) is 2.82. The van der Waals surface area contributed by atoms with Crippen LogP contribution in [0, 0.1) is 5.92 Å². The fourth-order valence-electron chi connectivity index (χ4n) is 0.684. The van der Waals surface area contributed by atoms with E-state index in [1.165, 1.54) is 0 Å². The van der Waals surface area contributed by atoms with Gasteiger partial charge in [-0.05, 0) is 13.3 Å². The minimum absolute atomic E-state index is 0.0856. The highest BCUT2D eigenvalue weighted by Crippen LogP contribution is 2.36. The lowest BCUT2D eigenvalue weighted by atomic mass is 10.4. The smallest absolute Gasteiger partial charge is 0.310 e. The second-order valence-electron chi connectivity index (χ2n) is 2.16. The molecule has 2 unspecified atom stereocenters. The van der Waals surface area contributed by atoms with Gasteiger partial charge >= 0.3 is 5.97 Å². The normalized spacial score (nSPS) is 31.8. The Hall–Kier alpha value is -0.180. The molecule has 0 aliphatic heterocycles. The third kappa shape index (κ3) is 1.61. The Bertz CT molecular complexity index is 124. The molecule has 1 saturated carbocycles. The van der Waals surface area contributed by atoms with Crippen molar-refractivity contribution < 1.29 is 9.53 Å². The van der Waals surface area contributed by atoms with Crippen molar-refractivity contribution in [1.82, 2.24) is 0 Å². The number of rotatable bonds is 2. The molecule has 0 saturated heterocycles. The Morgan fingerprint density at radius 1 is 1.89 bits per heavy atom. The topological polar surface area (TPSA) is 26.3 Å². The van der Waals surface area contributed by atoms with Gasteiger partial charge in [0.2, 0.25) is 0 Å². The van der Waals surface area contributed by atoms with E-state index in [0.29, 0.717) is 6.61 Å². The van der Waals surface area contributed by atoms with Crippen LogP contribution < -0.4 is 0 Å². The molecule has 1 aliphatic carbocycles. The molecule has 0 aromatic heterocycles. The molecule has 0 radical (unpaired) electrons. The first-order valence-corrected chi connectivity index (χ1v) is 3.62. The molecule has 1 aliphatic rings. The van der Waals surface area contributed by atoms with Crippen LogP contribution in [0.25, 0.3) is 0 Å². The average molecular weight is 146 g/mol. The van der Waals surface area contributed by atoms with Gasteiger partial charge in [0.1, 0.15) is 0 Å². The third-order valence-electron chi connectivity index (χ3n) is 1.35. The molecule has 0 spiro atoms. The summed E-state index contributed by atoms with van der Waals surface area (Å²) in [7, 11) is 0. The predicted molar refractivity (Wildman–Crippen MR) is 37.5 cm³/mol. The van der Waals surface area contributed by atoms with Gasteiger partial charge in [-0.3, -0.25) is 4.79 Å². The maximum absolute atomic E-state index is 10.7. The van der Waals surface area contributed by atoms with Gasteiger partial charge in [0.05, 0.1) is 12.5 Å². The molecule has 0 heterocycles. The Balaban J connectivity index is 2.20. The summed E-state index contributed by atoms with van der Waals surface area (Å²) in [6.45, 7) is 2.30. The molecule has 1 rings (SSSR count). The first-order chi connectivity index (χ1) is 4.25. The van der Waals surface area contributed by atoms with E-state index >= 15 is 0 Å². The van der Waals surface area contributed by atoms with Gasteiger partial charge in [-0.15, -0.1) is 0 Å². The van der Waals surface area contributed by atoms with Crippen molar-refractivity contribution >= 4 is 18.6 Å². The highest BCUT2D eigenvalue weighted by molar-refractivity contribution is 7.81. The third-order valence-corrected chi connectivity index (χ3v) is 1.92. The van der Waals surface area contributed by atoms with E-state index in [1.54, 1.807) is 0 Å². The van der Waals surface area contributed by atoms with Crippen LogP contribution in [0.3, 0.4) is 0 Å². The lowest BCUT2D eigenvalue weighted by Gasteiger charge is -1.96. The molecule has 0 N–H and O–H groups in total. The standard InChI is InChI=1S/C6H10O2S/c1-2-8-6(7)4-3-5(4)9/h4-5,9H,2-3H2,1H3. The second kappa shape index (κ2) is 2.60. The summed E-state index contributed by atoms with van der Waals surface area (Å²) in [5, 5.41) is 0.268. The molecular weight excluding hydrogens is 136 g/mol. The van der Waals surface area contributed by atoms with E-state index in [1.807, 2.05) is 6.92 Å². The molecule has 2 atom stereocenters.